The summed E-state index contributed by atoms with van der Waals surface area (Å²) in [6.07, 6.45) is 1.54. The molecule has 12 rings (SSSR count). The molecule has 0 N–H and O–H groups in total. The molecule has 260 valence electrons. The number of thiophene rings is 1. The Balaban J connectivity index is 0.953. The summed E-state index contributed by atoms with van der Waals surface area (Å²) in [6, 6.07) is 42.3. The summed E-state index contributed by atoms with van der Waals surface area (Å²) in [7, 11) is 0. The van der Waals surface area contributed by atoms with Crippen LogP contribution >= 0.6 is 11.3 Å². The van der Waals surface area contributed by atoms with Gasteiger partial charge in [0.2, 0.25) is 0 Å². The van der Waals surface area contributed by atoms with E-state index in [1.165, 1.54) is 62.2 Å². The molecule has 0 radical (unpaired) electrons. The van der Waals surface area contributed by atoms with Gasteiger partial charge in [-0.05, 0) is 102 Å². The molecule has 2 nitrogen and oxygen atoms in total. The normalized spacial score (nSPS) is 15.4. The van der Waals surface area contributed by atoms with Gasteiger partial charge in [-0.25, -0.2) is 9.97 Å². The second kappa shape index (κ2) is 12.0. The van der Waals surface area contributed by atoms with Crippen LogP contribution in [0.15, 0.2) is 194 Å². The Morgan fingerprint density at radius 2 is 0.982 bits per heavy atom. The minimum atomic E-state index is -0.616. The molecule has 0 fully saturated rings. The van der Waals surface area contributed by atoms with Crippen LogP contribution in [0, 0.1) is 0 Å². The highest BCUT2D eigenvalue weighted by atomic mass is 32.1. The van der Waals surface area contributed by atoms with Gasteiger partial charge in [0.05, 0.1) is 33.7 Å². The number of benzene rings is 8. The van der Waals surface area contributed by atoms with E-state index in [0.29, 0.717) is 11.1 Å². The highest BCUT2D eigenvalue weighted by Crippen LogP contribution is 2.63. The average molecular weight is 738 g/mol. The Labute approximate surface area is 341 Å². The Bertz CT molecular complexity index is 3640. The van der Waals surface area contributed by atoms with E-state index in [2.05, 4.69) is 103 Å². The number of aromatic nitrogens is 2. The summed E-state index contributed by atoms with van der Waals surface area (Å²) in [5.74, 6) is 0. The zero-order chi connectivity index (χ0) is 44.6. The van der Waals surface area contributed by atoms with Crippen LogP contribution < -0.4 is 0 Å². The molecule has 0 amide bonds. The predicted octanol–water partition coefficient (Wildman–Crippen LogP) is 13.9. The van der Waals surface area contributed by atoms with Gasteiger partial charge in [0.15, 0.2) is 0 Å². The van der Waals surface area contributed by atoms with Crippen molar-refractivity contribution in [2.75, 3.05) is 0 Å². The number of rotatable bonds is 4. The molecule has 8 aromatic carbocycles. The molecule has 0 saturated heterocycles. The summed E-state index contributed by atoms with van der Waals surface area (Å²) in [6.45, 7) is 0. The molecule has 2 aromatic heterocycles. The quantitative estimate of drug-likeness (QED) is 0.180. The number of hydrogen-bond donors (Lipinski definition) is 0. The maximum atomic E-state index is 9.03. The first-order valence-corrected chi connectivity index (χ1v) is 19.2. The van der Waals surface area contributed by atoms with Crippen molar-refractivity contribution in [3.05, 3.63) is 216 Å². The number of nitrogens with zero attached hydrogens (tertiary/aromatic N) is 2. The van der Waals surface area contributed by atoms with E-state index >= 15 is 0 Å². The van der Waals surface area contributed by atoms with Gasteiger partial charge in [0, 0.05) is 15.6 Å². The monoisotopic (exact) mass is 737 g/mol. The minimum absolute atomic E-state index is 0.0311. The maximum Gasteiger partial charge on any atom is 0.116 e. The first-order chi connectivity index (χ1) is 31.5. The van der Waals surface area contributed by atoms with Gasteiger partial charge in [0.1, 0.15) is 6.33 Å². The molecule has 0 atom stereocenters. The van der Waals surface area contributed by atoms with E-state index < -0.39 is 47.7 Å². The number of fused-ring (bicyclic) bond motifs is 13. The summed E-state index contributed by atoms with van der Waals surface area (Å²) in [5.41, 5.74) is 14.0. The molecule has 0 saturated carbocycles. The van der Waals surface area contributed by atoms with Gasteiger partial charge in [0.25, 0.3) is 0 Å². The van der Waals surface area contributed by atoms with Gasteiger partial charge >= 0.3 is 0 Å². The molecule has 3 heteroatoms. The fourth-order valence-corrected chi connectivity index (χ4v) is 10.2. The third kappa shape index (κ3) is 4.43. The second-order valence-corrected chi connectivity index (χ2v) is 15.2. The molecule has 1 spiro atoms. The topological polar surface area (TPSA) is 25.8 Å². The van der Waals surface area contributed by atoms with Crippen LogP contribution in [0.3, 0.4) is 0 Å². The Hall–Kier alpha value is -6.94. The lowest BCUT2D eigenvalue weighted by atomic mass is 9.70. The van der Waals surface area contributed by atoms with Crippen LogP contribution in [0.2, 0.25) is 0 Å². The molecule has 0 bridgehead atoms. The van der Waals surface area contributed by atoms with E-state index in [1.807, 2.05) is 24.3 Å². The summed E-state index contributed by atoms with van der Waals surface area (Å²) >= 11 is 1.53. The molecule has 0 aliphatic heterocycles. The SMILES string of the molecule is [2H]c1c([2H])c([2H])c(-c2c([2H])c([2H])c(-c3ccc4sc5c(-c6cccc(-c7ccc8c(c7)-c7ccccc7C87c8ccccc8-c8ccccc87)c6)ncnc5c4c3)c([2H])c2[2H])c([2H])c1[2H]. The van der Waals surface area contributed by atoms with Crippen LogP contribution in [0.1, 0.15) is 34.6 Å². The van der Waals surface area contributed by atoms with Gasteiger partial charge in [-0.1, -0.05) is 164 Å². The van der Waals surface area contributed by atoms with Gasteiger partial charge in [-0.15, -0.1) is 11.3 Å². The smallest absolute Gasteiger partial charge is 0.116 e. The van der Waals surface area contributed by atoms with E-state index in [1.54, 1.807) is 6.07 Å². The molecule has 2 aliphatic rings. The third-order valence-corrected chi connectivity index (χ3v) is 12.5. The lowest BCUT2D eigenvalue weighted by Gasteiger charge is -2.30. The van der Waals surface area contributed by atoms with Gasteiger partial charge < -0.3 is 0 Å². The standard InChI is InChI=1S/C53H32N2S/c1-2-11-33(12-3-1)34-21-23-35(24-22-34)37-26-28-49-44(31-37)51-52(56-49)50(54-32-55-51)39-14-10-13-36(29-39)38-25-27-48-43(30-38)42-17-6-9-20-47(42)53(48)45-18-7-4-15-40(45)41-16-5-8-19-46(41)53/h1-32H/i1D,2D,3D,11D,12D,21D,22D,23D,24D. The second-order valence-electron chi connectivity index (χ2n) is 14.2. The van der Waals surface area contributed by atoms with Crippen molar-refractivity contribution in [3.63, 3.8) is 0 Å². The van der Waals surface area contributed by atoms with Crippen LogP contribution in [-0.4, -0.2) is 9.97 Å². The van der Waals surface area contributed by atoms with Crippen molar-refractivity contribution in [3.8, 4) is 66.9 Å². The highest BCUT2D eigenvalue weighted by Gasteiger charge is 2.51. The minimum Gasteiger partial charge on any atom is -0.235 e. The molecule has 2 heterocycles. The fourth-order valence-electron chi connectivity index (χ4n) is 9.02. The number of hydrogen-bond acceptors (Lipinski definition) is 3. The third-order valence-electron chi connectivity index (χ3n) is 11.4. The highest BCUT2D eigenvalue weighted by molar-refractivity contribution is 7.26. The molecule has 10 aromatic rings. The van der Waals surface area contributed by atoms with Gasteiger partial charge in [-0.2, -0.15) is 0 Å². The van der Waals surface area contributed by atoms with Crippen LogP contribution in [0.5, 0.6) is 0 Å². The summed E-state index contributed by atoms with van der Waals surface area (Å²) in [5, 5.41) is 0.759. The van der Waals surface area contributed by atoms with E-state index in [4.69, 9.17) is 22.3 Å². The average Bonchev–Trinajstić information content (AvgIpc) is 3.97. The Morgan fingerprint density at radius 1 is 0.429 bits per heavy atom. The molecule has 56 heavy (non-hydrogen) atoms. The lowest BCUT2D eigenvalue weighted by molar-refractivity contribution is 0.794. The first kappa shape index (κ1) is 23.8. The van der Waals surface area contributed by atoms with Crippen LogP contribution in [0.25, 0.3) is 87.2 Å². The Kier molecular flexibility index (Phi) is 5.10. The van der Waals surface area contributed by atoms with Crippen molar-refractivity contribution < 1.29 is 12.3 Å². The largest absolute Gasteiger partial charge is 0.235 e. The molecular formula is C53H32N2S. The predicted molar refractivity (Wildman–Crippen MR) is 233 cm³/mol. The zero-order valence-corrected chi connectivity index (χ0v) is 30.4. The molecule has 2 aliphatic carbocycles. The Morgan fingerprint density at radius 3 is 1.70 bits per heavy atom. The molecule has 0 unspecified atom stereocenters. The van der Waals surface area contributed by atoms with Crippen molar-refractivity contribution >= 4 is 31.6 Å². The van der Waals surface area contributed by atoms with Crippen molar-refractivity contribution in [2.24, 2.45) is 0 Å². The van der Waals surface area contributed by atoms with E-state index in [-0.39, 0.29) is 28.8 Å². The van der Waals surface area contributed by atoms with E-state index in [0.717, 1.165) is 37.2 Å². The summed E-state index contributed by atoms with van der Waals surface area (Å²) < 4.78 is 78.8. The van der Waals surface area contributed by atoms with Crippen molar-refractivity contribution in [1.82, 2.24) is 9.97 Å². The van der Waals surface area contributed by atoms with Crippen molar-refractivity contribution in [2.45, 2.75) is 5.41 Å². The van der Waals surface area contributed by atoms with Gasteiger partial charge in [-0.3, -0.25) is 0 Å². The fraction of sp³-hybridized carbons (Fsp3) is 0.0189. The van der Waals surface area contributed by atoms with Crippen LogP contribution in [-0.2, 0) is 5.41 Å². The molecular weight excluding hydrogens is 697 g/mol. The van der Waals surface area contributed by atoms with Crippen LogP contribution in [0.4, 0.5) is 0 Å². The maximum absolute atomic E-state index is 9.03. The van der Waals surface area contributed by atoms with Crippen molar-refractivity contribution in [1.29, 1.82) is 0 Å². The summed E-state index contributed by atoms with van der Waals surface area (Å²) in [4.78, 5) is 9.52. The zero-order valence-electron chi connectivity index (χ0n) is 38.6. The van der Waals surface area contributed by atoms with E-state index in [9.17, 15) is 0 Å². The first-order valence-electron chi connectivity index (χ1n) is 22.9. The lowest BCUT2D eigenvalue weighted by Crippen LogP contribution is -2.25.